The van der Waals surface area contributed by atoms with Crippen LogP contribution in [0.3, 0.4) is 0 Å². The Morgan fingerprint density at radius 2 is 1.85 bits per heavy atom. The van der Waals surface area contributed by atoms with Gasteiger partial charge in [-0.15, -0.1) is 0 Å². The van der Waals surface area contributed by atoms with Crippen molar-refractivity contribution >= 4 is 16.8 Å². The Hall–Kier alpha value is -1.88. The van der Waals surface area contributed by atoms with Gasteiger partial charge in [0.15, 0.2) is 0 Å². The molecule has 4 rings (SSSR count). The molecule has 2 fully saturated rings. The molecule has 0 bridgehead atoms. The third kappa shape index (κ3) is 4.03. The van der Waals surface area contributed by atoms with E-state index in [9.17, 15) is 4.79 Å². The van der Waals surface area contributed by atoms with Crippen LogP contribution in [-0.2, 0) is 9.53 Å². The summed E-state index contributed by atoms with van der Waals surface area (Å²) < 4.78 is 7.60. The molecule has 0 atom stereocenters. The first-order valence-corrected chi connectivity index (χ1v) is 10.4. The summed E-state index contributed by atoms with van der Waals surface area (Å²) in [5, 5.41) is 9.15. The molecule has 0 radical (unpaired) electrons. The Morgan fingerprint density at radius 1 is 1.11 bits per heavy atom. The number of carbonyl (C=O) groups is 1. The molecular formula is C22H31N3O2. The van der Waals surface area contributed by atoms with Gasteiger partial charge in [0.25, 0.3) is 0 Å². The first-order valence-electron chi connectivity index (χ1n) is 10.4. The highest BCUT2D eigenvalue weighted by Gasteiger charge is 2.30. The normalized spacial score (nSPS) is 29.0. The number of ether oxygens (including phenoxy) is 1. The fourth-order valence-corrected chi connectivity index (χ4v) is 4.81. The van der Waals surface area contributed by atoms with Crippen molar-refractivity contribution in [3.05, 3.63) is 30.0 Å². The molecule has 27 heavy (non-hydrogen) atoms. The zero-order chi connectivity index (χ0) is 18.8. The maximum Gasteiger partial charge on any atom is 0.223 e. The van der Waals surface area contributed by atoms with Crippen molar-refractivity contribution in [3.8, 4) is 0 Å². The van der Waals surface area contributed by atoms with Gasteiger partial charge in [0.2, 0.25) is 5.91 Å². The molecular weight excluding hydrogens is 338 g/mol. The first-order chi connectivity index (χ1) is 13.1. The molecule has 5 heteroatoms. The van der Waals surface area contributed by atoms with Crippen molar-refractivity contribution in [2.75, 3.05) is 7.11 Å². The van der Waals surface area contributed by atoms with Gasteiger partial charge < -0.3 is 10.1 Å². The van der Waals surface area contributed by atoms with E-state index in [0.29, 0.717) is 18.2 Å². The monoisotopic (exact) mass is 369 g/mol. The summed E-state index contributed by atoms with van der Waals surface area (Å²) in [5.74, 6) is 0.417. The molecule has 1 heterocycles. The molecule has 0 aliphatic heterocycles. The molecule has 146 valence electrons. The van der Waals surface area contributed by atoms with E-state index < -0.39 is 0 Å². The lowest BCUT2D eigenvalue weighted by Gasteiger charge is -2.32. The predicted octanol–water partition coefficient (Wildman–Crippen LogP) is 4.15. The quantitative estimate of drug-likeness (QED) is 0.881. The molecule has 0 unspecified atom stereocenters. The maximum absolute atomic E-state index is 12.7. The lowest BCUT2D eigenvalue weighted by atomic mass is 9.84. The van der Waals surface area contributed by atoms with Crippen LogP contribution in [0.1, 0.15) is 63.0 Å². The Morgan fingerprint density at radius 3 is 2.56 bits per heavy atom. The Kier molecular flexibility index (Phi) is 5.48. The topological polar surface area (TPSA) is 56.1 Å². The minimum atomic E-state index is 0.158. The Labute approximate surface area is 161 Å². The average Bonchev–Trinajstić information content (AvgIpc) is 3.11. The van der Waals surface area contributed by atoms with Crippen LogP contribution in [-0.4, -0.2) is 34.9 Å². The van der Waals surface area contributed by atoms with E-state index in [-0.39, 0.29) is 11.8 Å². The number of aromatic nitrogens is 2. The summed E-state index contributed by atoms with van der Waals surface area (Å²) in [6, 6.07) is 7.26. The van der Waals surface area contributed by atoms with Crippen LogP contribution in [0.25, 0.3) is 10.9 Å². The molecule has 2 aliphatic rings. The second kappa shape index (κ2) is 8.01. The van der Waals surface area contributed by atoms with Crippen LogP contribution < -0.4 is 5.32 Å². The number of hydrogen-bond acceptors (Lipinski definition) is 3. The van der Waals surface area contributed by atoms with Gasteiger partial charge in [-0.2, -0.15) is 5.10 Å². The number of methoxy groups -OCH3 is 1. The van der Waals surface area contributed by atoms with Crippen molar-refractivity contribution in [1.29, 1.82) is 0 Å². The van der Waals surface area contributed by atoms with Gasteiger partial charge in [-0.3, -0.25) is 9.48 Å². The van der Waals surface area contributed by atoms with Gasteiger partial charge in [-0.1, -0.05) is 11.6 Å². The first kappa shape index (κ1) is 18.5. The lowest BCUT2D eigenvalue weighted by Crippen LogP contribution is -2.42. The summed E-state index contributed by atoms with van der Waals surface area (Å²) in [4.78, 5) is 12.7. The van der Waals surface area contributed by atoms with E-state index in [2.05, 4.69) is 40.2 Å². The molecule has 1 aromatic heterocycles. The number of hydrogen-bond donors (Lipinski definition) is 1. The number of rotatable bonds is 4. The third-order valence-corrected chi connectivity index (χ3v) is 6.52. The summed E-state index contributed by atoms with van der Waals surface area (Å²) in [5.41, 5.74) is 2.48. The molecule has 1 aromatic carbocycles. The van der Waals surface area contributed by atoms with Gasteiger partial charge in [0.05, 0.1) is 23.9 Å². The fourth-order valence-electron chi connectivity index (χ4n) is 4.81. The Balaban J connectivity index is 1.31. The molecule has 0 spiro atoms. The predicted molar refractivity (Wildman–Crippen MR) is 107 cm³/mol. The smallest absolute Gasteiger partial charge is 0.223 e. The van der Waals surface area contributed by atoms with Gasteiger partial charge in [0.1, 0.15) is 0 Å². The molecule has 0 saturated heterocycles. The fraction of sp³-hybridized carbons (Fsp3) is 0.636. The van der Waals surface area contributed by atoms with E-state index in [4.69, 9.17) is 4.74 Å². The SMILES string of the molecule is CO[C@H]1CC[C@H](NC(=O)C2CCC(n3ncc4cc(C)ccc43)CC2)CC1. The van der Waals surface area contributed by atoms with Crippen LogP contribution in [0.5, 0.6) is 0 Å². The molecule has 2 aliphatic carbocycles. The zero-order valence-corrected chi connectivity index (χ0v) is 16.5. The third-order valence-electron chi connectivity index (χ3n) is 6.52. The van der Waals surface area contributed by atoms with Gasteiger partial charge in [0, 0.05) is 24.5 Å². The van der Waals surface area contributed by atoms with Gasteiger partial charge >= 0.3 is 0 Å². The second-order valence-corrected chi connectivity index (χ2v) is 8.37. The molecule has 5 nitrogen and oxygen atoms in total. The minimum Gasteiger partial charge on any atom is -0.381 e. The van der Waals surface area contributed by atoms with Crippen molar-refractivity contribution < 1.29 is 9.53 Å². The number of nitrogens with one attached hydrogen (secondary N) is 1. The lowest BCUT2D eigenvalue weighted by molar-refractivity contribution is -0.127. The number of aryl methyl sites for hydroxylation is 1. The van der Waals surface area contributed by atoms with Crippen molar-refractivity contribution in [2.45, 2.75) is 76.5 Å². The number of nitrogens with zero attached hydrogens (tertiary/aromatic N) is 2. The summed E-state index contributed by atoms with van der Waals surface area (Å²) >= 11 is 0. The zero-order valence-electron chi connectivity index (χ0n) is 16.5. The second-order valence-electron chi connectivity index (χ2n) is 8.37. The van der Waals surface area contributed by atoms with Crippen molar-refractivity contribution in [2.24, 2.45) is 5.92 Å². The van der Waals surface area contributed by atoms with E-state index >= 15 is 0 Å². The van der Waals surface area contributed by atoms with Crippen molar-refractivity contribution in [1.82, 2.24) is 15.1 Å². The molecule has 2 saturated carbocycles. The summed E-state index contributed by atoms with van der Waals surface area (Å²) in [6.45, 7) is 2.11. The van der Waals surface area contributed by atoms with Crippen LogP contribution in [0.2, 0.25) is 0 Å². The maximum atomic E-state index is 12.7. The number of carbonyl (C=O) groups excluding carboxylic acids is 1. The van der Waals surface area contributed by atoms with Crippen LogP contribution in [0.4, 0.5) is 0 Å². The summed E-state index contributed by atoms with van der Waals surface area (Å²) in [6.07, 6.45) is 10.5. The van der Waals surface area contributed by atoms with E-state index in [1.54, 1.807) is 7.11 Å². The number of amides is 1. The number of benzene rings is 1. The molecule has 1 N–H and O–H groups in total. The minimum absolute atomic E-state index is 0.158. The number of fused-ring (bicyclic) bond motifs is 1. The van der Waals surface area contributed by atoms with Gasteiger partial charge in [-0.05, 0) is 70.4 Å². The summed E-state index contributed by atoms with van der Waals surface area (Å²) in [7, 11) is 1.78. The molecule has 2 aromatic rings. The average molecular weight is 370 g/mol. The highest BCUT2D eigenvalue weighted by molar-refractivity contribution is 5.80. The molecule has 1 amide bonds. The van der Waals surface area contributed by atoms with Gasteiger partial charge in [-0.25, -0.2) is 0 Å². The van der Waals surface area contributed by atoms with Crippen LogP contribution in [0, 0.1) is 12.8 Å². The highest BCUT2D eigenvalue weighted by atomic mass is 16.5. The van der Waals surface area contributed by atoms with E-state index in [1.165, 1.54) is 16.5 Å². The van der Waals surface area contributed by atoms with E-state index in [0.717, 1.165) is 51.4 Å². The van der Waals surface area contributed by atoms with Crippen LogP contribution in [0.15, 0.2) is 24.4 Å². The van der Waals surface area contributed by atoms with Crippen LogP contribution >= 0.6 is 0 Å². The standard InChI is InChI=1S/C22H31N3O2/c1-15-3-12-21-17(13-15)14-23-25(21)19-8-4-16(5-9-19)22(26)24-18-6-10-20(27-2)11-7-18/h3,12-14,16,18-20H,4-11H2,1-2H3,(H,24,26)/t16?,18-,19?,20-. The highest BCUT2D eigenvalue weighted by Crippen LogP contribution is 2.34. The largest absolute Gasteiger partial charge is 0.381 e. The Bertz CT molecular complexity index is 784. The van der Waals surface area contributed by atoms with E-state index in [1.807, 2.05) is 6.20 Å². The van der Waals surface area contributed by atoms with Crippen molar-refractivity contribution in [3.63, 3.8) is 0 Å².